The van der Waals surface area contributed by atoms with Crippen molar-refractivity contribution in [2.75, 3.05) is 0 Å². The maximum absolute atomic E-state index is 3.96. The summed E-state index contributed by atoms with van der Waals surface area (Å²) >= 11 is 1.77. The lowest BCUT2D eigenvalue weighted by Gasteiger charge is -1.86. The Morgan fingerprint density at radius 2 is 2.36 bits per heavy atom. The predicted molar refractivity (Wildman–Crippen MR) is 46.6 cm³/mol. The van der Waals surface area contributed by atoms with Gasteiger partial charge in [-0.3, -0.25) is 0 Å². The second-order valence-electron chi connectivity index (χ2n) is 2.38. The van der Waals surface area contributed by atoms with Crippen molar-refractivity contribution in [3.63, 3.8) is 0 Å². The fraction of sp³-hybridized carbons (Fsp3) is 0.125. The molecular weight excluding hydrogens is 156 g/mol. The first-order valence-corrected chi connectivity index (χ1v) is 4.23. The Labute approximate surface area is 68.9 Å². The van der Waals surface area contributed by atoms with Gasteiger partial charge in [0.1, 0.15) is 0 Å². The summed E-state index contributed by atoms with van der Waals surface area (Å²) < 4.78 is 0. The molecule has 3 heteroatoms. The molecule has 0 radical (unpaired) electrons. The second kappa shape index (κ2) is 2.51. The molecule has 1 N–H and O–H groups in total. The number of hydrogen-bond donors (Lipinski definition) is 1. The van der Waals surface area contributed by atoms with Gasteiger partial charge in [-0.05, 0) is 19.1 Å². The van der Waals surface area contributed by atoms with Crippen molar-refractivity contribution >= 4 is 11.3 Å². The topological polar surface area (TPSA) is 28.7 Å². The van der Waals surface area contributed by atoms with E-state index < -0.39 is 0 Å². The van der Waals surface area contributed by atoms with Gasteiger partial charge in [-0.15, -0.1) is 11.3 Å². The quantitative estimate of drug-likeness (QED) is 0.689. The monoisotopic (exact) mass is 164 g/mol. The maximum atomic E-state index is 3.96. The summed E-state index contributed by atoms with van der Waals surface area (Å²) in [5.41, 5.74) is 1.10. The molecule has 0 aliphatic carbocycles. The number of aromatic amines is 1. The lowest BCUT2D eigenvalue weighted by Crippen LogP contribution is -1.66. The number of aromatic nitrogens is 2. The van der Waals surface area contributed by atoms with Crippen molar-refractivity contribution in [2.45, 2.75) is 6.92 Å². The van der Waals surface area contributed by atoms with Crippen LogP contribution in [0, 0.1) is 6.92 Å². The molecule has 2 nitrogen and oxygen atoms in total. The minimum Gasteiger partial charge on any atom is -0.344 e. The minimum absolute atomic E-state index is 1.10. The highest BCUT2D eigenvalue weighted by Gasteiger charge is 1.99. The van der Waals surface area contributed by atoms with Crippen LogP contribution >= 0.6 is 11.3 Å². The summed E-state index contributed by atoms with van der Waals surface area (Å²) in [6, 6.07) is 4.22. The van der Waals surface area contributed by atoms with Crippen molar-refractivity contribution in [1.29, 1.82) is 0 Å². The third-order valence-corrected chi connectivity index (χ3v) is 2.54. The van der Waals surface area contributed by atoms with E-state index in [-0.39, 0.29) is 0 Å². The molecule has 2 aromatic heterocycles. The summed E-state index contributed by atoms with van der Waals surface area (Å²) in [5.74, 6) is 0. The van der Waals surface area contributed by atoms with E-state index in [1.807, 2.05) is 6.20 Å². The van der Waals surface area contributed by atoms with Crippen LogP contribution in [0.1, 0.15) is 4.88 Å². The molecule has 2 heterocycles. The predicted octanol–water partition coefficient (Wildman–Crippen LogP) is 2.45. The Kier molecular flexibility index (Phi) is 1.51. The van der Waals surface area contributed by atoms with Crippen LogP contribution in [-0.4, -0.2) is 9.97 Å². The Bertz CT molecular complexity index is 335. The highest BCUT2D eigenvalue weighted by molar-refractivity contribution is 7.15. The number of rotatable bonds is 1. The first-order chi connectivity index (χ1) is 5.36. The third-order valence-electron chi connectivity index (χ3n) is 1.50. The van der Waals surface area contributed by atoms with Crippen LogP contribution in [0.5, 0.6) is 0 Å². The first-order valence-electron chi connectivity index (χ1n) is 3.41. The van der Waals surface area contributed by atoms with Gasteiger partial charge in [0.05, 0.1) is 23.1 Å². The molecule has 0 aliphatic rings. The van der Waals surface area contributed by atoms with Crippen LogP contribution in [0.4, 0.5) is 0 Å². The molecular formula is C8H8N2S. The van der Waals surface area contributed by atoms with Crippen LogP contribution < -0.4 is 0 Å². The zero-order valence-electron chi connectivity index (χ0n) is 6.16. The number of hydrogen-bond acceptors (Lipinski definition) is 2. The molecule has 0 unspecified atom stereocenters. The Morgan fingerprint density at radius 3 is 2.91 bits per heavy atom. The van der Waals surface area contributed by atoms with E-state index in [2.05, 4.69) is 29.0 Å². The molecule has 0 saturated carbocycles. The van der Waals surface area contributed by atoms with E-state index in [0.29, 0.717) is 0 Å². The summed E-state index contributed by atoms with van der Waals surface area (Å²) in [5, 5.41) is 0. The summed E-state index contributed by atoms with van der Waals surface area (Å²) in [4.78, 5) is 9.60. The number of thiophene rings is 1. The molecule has 0 amide bonds. The number of H-pyrrole nitrogens is 1. The van der Waals surface area contributed by atoms with Crippen molar-refractivity contribution < 1.29 is 0 Å². The summed E-state index contributed by atoms with van der Waals surface area (Å²) in [7, 11) is 0. The fourth-order valence-electron chi connectivity index (χ4n) is 0.970. The number of nitrogens with one attached hydrogen (secondary N) is 1. The normalized spacial score (nSPS) is 10.3. The van der Waals surface area contributed by atoms with E-state index in [9.17, 15) is 0 Å². The number of nitrogens with zero attached hydrogens (tertiary/aromatic N) is 1. The first kappa shape index (κ1) is 6.61. The summed E-state index contributed by atoms with van der Waals surface area (Å²) in [6.45, 7) is 2.10. The molecule has 11 heavy (non-hydrogen) atoms. The van der Waals surface area contributed by atoms with Gasteiger partial charge in [-0.25, -0.2) is 4.98 Å². The Morgan fingerprint density at radius 1 is 1.45 bits per heavy atom. The van der Waals surface area contributed by atoms with Crippen LogP contribution in [-0.2, 0) is 0 Å². The van der Waals surface area contributed by atoms with Crippen molar-refractivity contribution in [1.82, 2.24) is 9.97 Å². The van der Waals surface area contributed by atoms with Gasteiger partial charge in [0, 0.05) is 4.88 Å². The van der Waals surface area contributed by atoms with Gasteiger partial charge >= 0.3 is 0 Å². The number of aryl methyl sites for hydroxylation is 1. The lowest BCUT2D eigenvalue weighted by atomic mass is 10.4. The second-order valence-corrected chi connectivity index (χ2v) is 3.66. The molecule has 0 aromatic carbocycles. The molecule has 0 aliphatic heterocycles. The number of imidazole rings is 1. The molecule has 0 atom stereocenters. The van der Waals surface area contributed by atoms with E-state index >= 15 is 0 Å². The van der Waals surface area contributed by atoms with Gasteiger partial charge < -0.3 is 4.98 Å². The molecule has 0 fully saturated rings. The van der Waals surface area contributed by atoms with Crippen molar-refractivity contribution in [2.24, 2.45) is 0 Å². The molecule has 2 rings (SSSR count). The average molecular weight is 164 g/mol. The van der Waals surface area contributed by atoms with E-state index in [1.54, 1.807) is 17.7 Å². The Balaban J connectivity index is 2.45. The smallest absolute Gasteiger partial charge is 0.0924 e. The Hall–Kier alpha value is -1.09. The molecule has 0 saturated heterocycles. The molecule has 0 spiro atoms. The SMILES string of the molecule is Cc1ccc(-c2cnc[nH]2)s1. The lowest BCUT2D eigenvalue weighted by molar-refractivity contribution is 1.32. The van der Waals surface area contributed by atoms with E-state index in [0.717, 1.165) is 5.69 Å². The maximum Gasteiger partial charge on any atom is 0.0924 e. The third kappa shape index (κ3) is 1.19. The molecule has 56 valence electrons. The largest absolute Gasteiger partial charge is 0.344 e. The van der Waals surface area contributed by atoms with Gasteiger partial charge in [0.15, 0.2) is 0 Å². The highest BCUT2D eigenvalue weighted by Crippen LogP contribution is 2.24. The van der Waals surface area contributed by atoms with E-state index in [1.165, 1.54) is 9.75 Å². The van der Waals surface area contributed by atoms with Gasteiger partial charge in [-0.1, -0.05) is 0 Å². The van der Waals surface area contributed by atoms with Gasteiger partial charge in [-0.2, -0.15) is 0 Å². The zero-order valence-corrected chi connectivity index (χ0v) is 6.98. The molecule has 0 bridgehead atoms. The van der Waals surface area contributed by atoms with Gasteiger partial charge in [0.2, 0.25) is 0 Å². The fourth-order valence-corrected chi connectivity index (χ4v) is 1.81. The minimum atomic E-state index is 1.10. The van der Waals surface area contributed by atoms with Crippen LogP contribution in [0.15, 0.2) is 24.7 Å². The molecule has 2 aromatic rings. The van der Waals surface area contributed by atoms with Crippen LogP contribution in [0.2, 0.25) is 0 Å². The van der Waals surface area contributed by atoms with E-state index in [4.69, 9.17) is 0 Å². The van der Waals surface area contributed by atoms with Crippen LogP contribution in [0.3, 0.4) is 0 Å². The average Bonchev–Trinajstić information content (AvgIpc) is 2.55. The standard InChI is InChI=1S/C8H8N2S/c1-6-2-3-8(11-6)7-4-9-5-10-7/h2-5H,1H3,(H,9,10). The van der Waals surface area contributed by atoms with Crippen molar-refractivity contribution in [3.8, 4) is 10.6 Å². The van der Waals surface area contributed by atoms with Gasteiger partial charge in [0.25, 0.3) is 0 Å². The summed E-state index contributed by atoms with van der Waals surface area (Å²) in [6.07, 6.45) is 3.54. The van der Waals surface area contributed by atoms with Crippen molar-refractivity contribution in [3.05, 3.63) is 29.5 Å². The highest BCUT2D eigenvalue weighted by atomic mass is 32.1. The van der Waals surface area contributed by atoms with Crippen LogP contribution in [0.25, 0.3) is 10.6 Å². The zero-order chi connectivity index (χ0) is 7.68.